The number of hydrogen-bond donors (Lipinski definition) is 1. The number of alkyl halides is 3. The summed E-state index contributed by atoms with van der Waals surface area (Å²) >= 11 is 5.91. The molecule has 1 N–H and O–H groups in total. The summed E-state index contributed by atoms with van der Waals surface area (Å²) in [5.41, 5.74) is -2.93. The van der Waals surface area contributed by atoms with Crippen molar-refractivity contribution in [3.8, 4) is 5.75 Å². The number of fused-ring (bicyclic) bond motifs is 1. The van der Waals surface area contributed by atoms with Crippen LogP contribution in [0.2, 0.25) is 5.02 Å². The predicted octanol–water partition coefficient (Wildman–Crippen LogP) is 4.22. The molecular formula is C14H12ClF3O3. The average molecular weight is 321 g/mol. The van der Waals surface area contributed by atoms with Crippen LogP contribution in [0.3, 0.4) is 0 Å². The van der Waals surface area contributed by atoms with Crippen LogP contribution in [0.5, 0.6) is 5.75 Å². The van der Waals surface area contributed by atoms with Gasteiger partial charge in [0.25, 0.3) is 0 Å². The van der Waals surface area contributed by atoms with E-state index in [1.807, 2.05) is 0 Å². The monoisotopic (exact) mass is 320 g/mol. The molecule has 114 valence electrons. The Kier molecular flexibility index (Phi) is 3.70. The number of hydrogen-bond acceptors (Lipinski definition) is 2. The summed E-state index contributed by atoms with van der Waals surface area (Å²) in [6.07, 6.45) is -4.42. The third kappa shape index (κ3) is 2.37. The lowest BCUT2D eigenvalue weighted by Gasteiger charge is -2.38. The minimum atomic E-state index is -4.85. The molecule has 1 aromatic carbocycles. The standard InChI is InChI=1S/C14H12ClF3O3/c1-3-13(14(16,17)18)9(12(19)20)5-8-6-10(15)7(2)4-11(8)21-13/h4-6H,3H2,1-2H3,(H,19,20). The topological polar surface area (TPSA) is 46.5 Å². The lowest BCUT2D eigenvalue weighted by Crippen LogP contribution is -2.54. The van der Waals surface area contributed by atoms with Gasteiger partial charge in [0.05, 0.1) is 5.57 Å². The third-order valence-electron chi connectivity index (χ3n) is 3.50. The van der Waals surface area contributed by atoms with Gasteiger partial charge in [0.1, 0.15) is 5.75 Å². The van der Waals surface area contributed by atoms with Crippen molar-refractivity contribution < 1.29 is 27.8 Å². The van der Waals surface area contributed by atoms with Crippen molar-refractivity contribution in [2.45, 2.75) is 32.0 Å². The van der Waals surface area contributed by atoms with Crippen molar-refractivity contribution in [2.24, 2.45) is 0 Å². The number of benzene rings is 1. The van der Waals surface area contributed by atoms with Crippen molar-refractivity contribution in [3.05, 3.63) is 33.9 Å². The van der Waals surface area contributed by atoms with Gasteiger partial charge in [-0.15, -0.1) is 0 Å². The van der Waals surface area contributed by atoms with E-state index in [0.717, 1.165) is 6.08 Å². The van der Waals surface area contributed by atoms with Gasteiger partial charge in [0, 0.05) is 10.6 Å². The van der Waals surface area contributed by atoms with E-state index in [-0.39, 0.29) is 11.3 Å². The summed E-state index contributed by atoms with van der Waals surface area (Å²) in [6.45, 7) is 2.86. The quantitative estimate of drug-likeness (QED) is 0.887. The van der Waals surface area contributed by atoms with Crippen LogP contribution in [0.25, 0.3) is 6.08 Å². The zero-order chi connectivity index (χ0) is 16.0. The Morgan fingerprint density at radius 1 is 1.43 bits per heavy atom. The van der Waals surface area contributed by atoms with Gasteiger partial charge in [-0.3, -0.25) is 0 Å². The summed E-state index contributed by atoms with van der Waals surface area (Å²) in [4.78, 5) is 11.3. The van der Waals surface area contributed by atoms with Gasteiger partial charge >= 0.3 is 12.1 Å². The Hall–Kier alpha value is -1.69. The second-order valence-electron chi connectivity index (χ2n) is 4.78. The average Bonchev–Trinajstić information content (AvgIpc) is 2.37. The number of carbonyl (C=O) groups is 1. The molecule has 0 aliphatic carbocycles. The van der Waals surface area contributed by atoms with Crippen LogP contribution in [-0.4, -0.2) is 22.9 Å². The molecule has 0 saturated carbocycles. The predicted molar refractivity (Wildman–Crippen MR) is 71.5 cm³/mol. The zero-order valence-electron chi connectivity index (χ0n) is 11.2. The smallest absolute Gasteiger partial charge is 0.432 e. The fraction of sp³-hybridized carbons (Fsp3) is 0.357. The van der Waals surface area contributed by atoms with E-state index < -0.39 is 29.7 Å². The highest BCUT2D eigenvalue weighted by molar-refractivity contribution is 6.31. The first-order chi connectivity index (χ1) is 9.62. The molecule has 0 saturated heterocycles. The van der Waals surface area contributed by atoms with Gasteiger partial charge in [-0.25, -0.2) is 4.79 Å². The van der Waals surface area contributed by atoms with Crippen molar-refractivity contribution in [2.75, 3.05) is 0 Å². The van der Waals surface area contributed by atoms with Crippen molar-refractivity contribution in [1.29, 1.82) is 0 Å². The Morgan fingerprint density at radius 2 is 2.05 bits per heavy atom. The normalized spacial score (nSPS) is 21.3. The number of carboxylic acid groups (broad SMARTS) is 1. The van der Waals surface area contributed by atoms with E-state index in [1.165, 1.54) is 19.1 Å². The Morgan fingerprint density at radius 3 is 2.52 bits per heavy atom. The highest BCUT2D eigenvalue weighted by Gasteiger charge is 2.61. The number of halogens is 4. The molecule has 1 aromatic rings. The van der Waals surface area contributed by atoms with E-state index in [0.29, 0.717) is 10.6 Å². The van der Waals surface area contributed by atoms with Crippen LogP contribution in [0.4, 0.5) is 13.2 Å². The van der Waals surface area contributed by atoms with Gasteiger partial charge in [0.2, 0.25) is 5.60 Å². The molecule has 1 aliphatic rings. The molecule has 1 aliphatic heterocycles. The fourth-order valence-electron chi connectivity index (χ4n) is 2.29. The lowest BCUT2D eigenvalue weighted by atomic mass is 9.85. The molecule has 1 atom stereocenters. The molecule has 1 heterocycles. The maximum absolute atomic E-state index is 13.4. The number of aryl methyl sites for hydroxylation is 1. The molecular weight excluding hydrogens is 309 g/mol. The first kappa shape index (κ1) is 15.7. The maximum atomic E-state index is 13.4. The Labute approximate surface area is 124 Å². The minimum absolute atomic E-state index is 0.0268. The van der Waals surface area contributed by atoms with E-state index in [2.05, 4.69) is 0 Å². The van der Waals surface area contributed by atoms with Gasteiger partial charge in [-0.2, -0.15) is 13.2 Å². The number of ether oxygens (including phenoxy) is 1. The van der Waals surface area contributed by atoms with E-state index in [1.54, 1.807) is 6.92 Å². The van der Waals surface area contributed by atoms with Gasteiger partial charge in [-0.05, 0) is 37.1 Å². The molecule has 3 nitrogen and oxygen atoms in total. The van der Waals surface area contributed by atoms with Crippen molar-refractivity contribution in [1.82, 2.24) is 0 Å². The first-order valence-corrected chi connectivity index (χ1v) is 6.51. The second kappa shape index (κ2) is 4.94. The Balaban J connectivity index is 2.72. The fourth-order valence-corrected chi connectivity index (χ4v) is 2.47. The molecule has 1 unspecified atom stereocenters. The van der Waals surface area contributed by atoms with Crippen LogP contribution in [-0.2, 0) is 4.79 Å². The van der Waals surface area contributed by atoms with E-state index in [9.17, 15) is 18.0 Å². The van der Waals surface area contributed by atoms with Crippen LogP contribution < -0.4 is 4.74 Å². The number of carboxylic acids is 1. The summed E-state index contributed by atoms with van der Waals surface area (Å²) in [7, 11) is 0. The molecule has 7 heteroatoms. The van der Waals surface area contributed by atoms with E-state index in [4.69, 9.17) is 21.4 Å². The lowest BCUT2D eigenvalue weighted by molar-refractivity contribution is -0.236. The molecule has 0 amide bonds. The summed E-state index contributed by atoms with van der Waals surface area (Å²) in [5.74, 6) is -1.70. The third-order valence-corrected chi connectivity index (χ3v) is 3.90. The van der Waals surface area contributed by atoms with E-state index >= 15 is 0 Å². The second-order valence-corrected chi connectivity index (χ2v) is 5.19. The molecule has 0 aromatic heterocycles. The van der Waals surface area contributed by atoms with Crippen LogP contribution in [0.1, 0.15) is 24.5 Å². The number of aliphatic carboxylic acids is 1. The van der Waals surface area contributed by atoms with Crippen LogP contribution in [0, 0.1) is 6.92 Å². The molecule has 0 spiro atoms. The Bertz CT molecular complexity index is 637. The molecule has 0 fully saturated rings. The van der Waals surface area contributed by atoms with Gasteiger partial charge in [0.15, 0.2) is 0 Å². The number of rotatable bonds is 2. The maximum Gasteiger partial charge on any atom is 0.432 e. The van der Waals surface area contributed by atoms with Crippen molar-refractivity contribution in [3.63, 3.8) is 0 Å². The van der Waals surface area contributed by atoms with Gasteiger partial charge < -0.3 is 9.84 Å². The van der Waals surface area contributed by atoms with Gasteiger partial charge in [-0.1, -0.05) is 18.5 Å². The zero-order valence-corrected chi connectivity index (χ0v) is 12.0. The SMILES string of the molecule is CCC1(C(F)(F)F)Oc2cc(C)c(Cl)cc2C=C1C(=O)O. The largest absolute Gasteiger partial charge is 0.478 e. The molecule has 2 rings (SSSR count). The first-order valence-electron chi connectivity index (χ1n) is 6.13. The highest BCUT2D eigenvalue weighted by Crippen LogP contribution is 2.48. The molecule has 0 radical (unpaired) electrons. The summed E-state index contributed by atoms with van der Waals surface area (Å²) in [5, 5.41) is 9.46. The molecule has 0 bridgehead atoms. The summed E-state index contributed by atoms with van der Waals surface area (Å²) < 4.78 is 45.4. The molecule has 21 heavy (non-hydrogen) atoms. The van der Waals surface area contributed by atoms with Crippen LogP contribution >= 0.6 is 11.6 Å². The minimum Gasteiger partial charge on any atom is -0.478 e. The van der Waals surface area contributed by atoms with Crippen molar-refractivity contribution >= 4 is 23.6 Å². The van der Waals surface area contributed by atoms with Crippen LogP contribution in [0.15, 0.2) is 17.7 Å². The highest BCUT2D eigenvalue weighted by atomic mass is 35.5. The summed E-state index contributed by atoms with van der Waals surface area (Å²) in [6, 6.07) is 2.77.